The van der Waals surface area contributed by atoms with Gasteiger partial charge in [-0.2, -0.15) is 0 Å². The molecule has 0 bridgehead atoms. The maximum absolute atomic E-state index is 11.6. The molecule has 1 aliphatic heterocycles. The van der Waals surface area contributed by atoms with Crippen molar-refractivity contribution in [2.24, 2.45) is 0 Å². The zero-order valence-corrected chi connectivity index (χ0v) is 12.2. The van der Waals surface area contributed by atoms with Gasteiger partial charge in [-0.1, -0.05) is 19.1 Å². The van der Waals surface area contributed by atoms with Crippen molar-refractivity contribution in [2.45, 2.75) is 32.4 Å². The van der Waals surface area contributed by atoms with E-state index in [9.17, 15) is 8.42 Å². The Balaban J connectivity index is 2.06. The summed E-state index contributed by atoms with van der Waals surface area (Å²) in [6.07, 6.45) is 1.79. The lowest BCUT2D eigenvalue weighted by molar-refractivity contribution is 0.204. The number of nitrogens with zero attached hydrogens (tertiary/aromatic N) is 1. The minimum atomic E-state index is -2.82. The second kappa shape index (κ2) is 5.92. The molecule has 0 unspecified atom stereocenters. The topological polar surface area (TPSA) is 63.4 Å². The van der Waals surface area contributed by atoms with Gasteiger partial charge in [-0.05, 0) is 37.1 Å². The van der Waals surface area contributed by atoms with Crippen LogP contribution in [0.25, 0.3) is 0 Å². The summed E-state index contributed by atoms with van der Waals surface area (Å²) in [5.41, 5.74) is 7.63. The van der Waals surface area contributed by atoms with Gasteiger partial charge in [0.2, 0.25) is 0 Å². The number of nitrogens with two attached hydrogens (primary N) is 1. The fourth-order valence-electron chi connectivity index (χ4n) is 2.60. The molecule has 1 aromatic carbocycles. The molecule has 1 fully saturated rings. The first-order chi connectivity index (χ1) is 9.00. The van der Waals surface area contributed by atoms with Crippen LogP contribution in [0.1, 0.15) is 25.3 Å². The number of benzene rings is 1. The third kappa shape index (κ3) is 3.94. The van der Waals surface area contributed by atoms with Gasteiger partial charge in [-0.15, -0.1) is 0 Å². The zero-order valence-electron chi connectivity index (χ0n) is 11.4. The molecule has 2 N–H and O–H groups in total. The number of rotatable bonds is 5. The Bertz CT molecular complexity index is 511. The highest BCUT2D eigenvalue weighted by atomic mass is 32.2. The predicted octanol–water partition coefficient (Wildman–Crippen LogP) is 1.67. The largest absolute Gasteiger partial charge is 0.399 e. The fraction of sp³-hybridized carbons (Fsp3) is 0.571. The van der Waals surface area contributed by atoms with Crippen molar-refractivity contribution in [1.82, 2.24) is 4.90 Å². The lowest BCUT2D eigenvalue weighted by atomic mass is 10.1. The van der Waals surface area contributed by atoms with Gasteiger partial charge in [0.05, 0.1) is 11.5 Å². The first-order valence-corrected chi connectivity index (χ1v) is 8.61. The van der Waals surface area contributed by atoms with E-state index in [2.05, 4.69) is 11.8 Å². The van der Waals surface area contributed by atoms with Gasteiger partial charge in [-0.3, -0.25) is 4.90 Å². The van der Waals surface area contributed by atoms with Crippen LogP contribution in [0, 0.1) is 0 Å². The second-order valence-electron chi connectivity index (χ2n) is 5.27. The molecule has 0 spiro atoms. The molecule has 2 rings (SSSR count). The van der Waals surface area contributed by atoms with E-state index in [-0.39, 0.29) is 6.04 Å². The van der Waals surface area contributed by atoms with Gasteiger partial charge in [0, 0.05) is 18.3 Å². The van der Waals surface area contributed by atoms with Crippen LogP contribution in [0.3, 0.4) is 0 Å². The van der Waals surface area contributed by atoms with Gasteiger partial charge in [-0.25, -0.2) is 8.42 Å². The summed E-state index contributed by atoms with van der Waals surface area (Å²) in [5, 5.41) is 0. The Morgan fingerprint density at radius 2 is 2.00 bits per heavy atom. The quantitative estimate of drug-likeness (QED) is 0.834. The number of hydrogen-bond donors (Lipinski definition) is 1. The predicted molar refractivity (Wildman–Crippen MR) is 78.6 cm³/mol. The van der Waals surface area contributed by atoms with Crippen molar-refractivity contribution < 1.29 is 8.42 Å². The molecule has 0 aromatic heterocycles. The Morgan fingerprint density at radius 1 is 1.32 bits per heavy atom. The minimum absolute atomic E-state index is 0.169. The summed E-state index contributed by atoms with van der Waals surface area (Å²) in [4.78, 5) is 2.29. The highest BCUT2D eigenvalue weighted by Gasteiger charge is 2.31. The van der Waals surface area contributed by atoms with Gasteiger partial charge in [0.1, 0.15) is 0 Å². The average molecular weight is 282 g/mol. The Morgan fingerprint density at radius 3 is 2.53 bits per heavy atom. The van der Waals surface area contributed by atoms with E-state index in [0.717, 1.165) is 31.6 Å². The van der Waals surface area contributed by atoms with E-state index in [1.165, 1.54) is 5.56 Å². The molecular weight excluding hydrogens is 260 g/mol. The van der Waals surface area contributed by atoms with E-state index in [1.807, 2.05) is 24.3 Å². The molecular formula is C14H22N2O2S. The molecule has 1 atom stereocenters. The summed E-state index contributed by atoms with van der Waals surface area (Å²) in [6.45, 7) is 3.86. The second-order valence-corrected chi connectivity index (χ2v) is 7.50. The van der Waals surface area contributed by atoms with Crippen LogP contribution in [0.15, 0.2) is 24.3 Å². The van der Waals surface area contributed by atoms with Crippen LogP contribution in [0.2, 0.25) is 0 Å². The molecule has 0 aliphatic carbocycles. The van der Waals surface area contributed by atoms with Gasteiger partial charge in [0.25, 0.3) is 0 Å². The number of nitrogen functional groups attached to an aromatic ring is 1. The van der Waals surface area contributed by atoms with E-state index in [1.54, 1.807) is 0 Å². The van der Waals surface area contributed by atoms with E-state index >= 15 is 0 Å². The highest BCUT2D eigenvalue weighted by molar-refractivity contribution is 7.91. The Hall–Kier alpha value is -1.07. The zero-order chi connectivity index (χ0) is 13.9. The van der Waals surface area contributed by atoms with Crippen LogP contribution < -0.4 is 5.73 Å². The third-order valence-corrected chi connectivity index (χ3v) is 5.35. The molecule has 0 saturated carbocycles. The summed E-state index contributed by atoms with van der Waals surface area (Å²) in [5.74, 6) is 0.640. The monoisotopic (exact) mass is 282 g/mol. The maximum atomic E-state index is 11.6. The van der Waals surface area contributed by atoms with Crippen molar-refractivity contribution in [1.29, 1.82) is 0 Å². The SMILES string of the molecule is CCCN(Cc1ccc(N)cc1)[C@H]1CCS(=O)(=O)C1. The van der Waals surface area contributed by atoms with E-state index in [0.29, 0.717) is 11.5 Å². The third-order valence-electron chi connectivity index (χ3n) is 3.60. The highest BCUT2D eigenvalue weighted by Crippen LogP contribution is 2.20. The van der Waals surface area contributed by atoms with Crippen LogP contribution in [0.5, 0.6) is 0 Å². The van der Waals surface area contributed by atoms with Crippen molar-refractivity contribution in [3.63, 3.8) is 0 Å². The lowest BCUT2D eigenvalue weighted by Gasteiger charge is -2.27. The molecule has 1 heterocycles. The average Bonchev–Trinajstić information content (AvgIpc) is 2.72. The molecule has 1 saturated heterocycles. The molecule has 0 radical (unpaired) electrons. The summed E-state index contributed by atoms with van der Waals surface area (Å²) >= 11 is 0. The van der Waals surface area contributed by atoms with Gasteiger partial charge < -0.3 is 5.73 Å². The van der Waals surface area contributed by atoms with E-state index in [4.69, 9.17) is 5.73 Å². The Labute approximate surface area is 115 Å². The number of sulfone groups is 1. The molecule has 5 heteroatoms. The van der Waals surface area contributed by atoms with Crippen LogP contribution in [0.4, 0.5) is 5.69 Å². The molecule has 1 aromatic rings. The molecule has 19 heavy (non-hydrogen) atoms. The normalized spacial score (nSPS) is 21.9. The van der Waals surface area contributed by atoms with Crippen molar-refractivity contribution >= 4 is 15.5 Å². The van der Waals surface area contributed by atoms with Gasteiger partial charge >= 0.3 is 0 Å². The summed E-state index contributed by atoms with van der Waals surface area (Å²) in [6, 6.07) is 7.99. The fourth-order valence-corrected chi connectivity index (χ4v) is 4.36. The van der Waals surface area contributed by atoms with Crippen LogP contribution in [-0.2, 0) is 16.4 Å². The molecule has 1 aliphatic rings. The summed E-state index contributed by atoms with van der Waals surface area (Å²) < 4.78 is 23.2. The standard InChI is InChI=1S/C14H22N2O2S/c1-2-8-16(14-7-9-19(17,18)11-14)10-12-3-5-13(15)6-4-12/h3-6,14H,2,7-11,15H2,1H3/t14-/m0/s1. The minimum Gasteiger partial charge on any atom is -0.399 e. The molecule has 0 amide bonds. The van der Waals surface area contributed by atoms with Crippen molar-refractivity contribution in [3.05, 3.63) is 29.8 Å². The van der Waals surface area contributed by atoms with Crippen LogP contribution in [-0.4, -0.2) is 37.4 Å². The smallest absolute Gasteiger partial charge is 0.151 e. The van der Waals surface area contributed by atoms with E-state index < -0.39 is 9.84 Å². The lowest BCUT2D eigenvalue weighted by Crippen LogP contribution is -2.36. The first kappa shape index (κ1) is 14.3. The summed E-state index contributed by atoms with van der Waals surface area (Å²) in [7, 11) is -2.82. The molecule has 4 nitrogen and oxygen atoms in total. The first-order valence-electron chi connectivity index (χ1n) is 6.79. The number of anilines is 1. The van der Waals surface area contributed by atoms with Crippen molar-refractivity contribution in [3.8, 4) is 0 Å². The maximum Gasteiger partial charge on any atom is 0.151 e. The number of hydrogen-bond acceptors (Lipinski definition) is 4. The van der Waals surface area contributed by atoms with Crippen molar-refractivity contribution in [2.75, 3.05) is 23.8 Å². The molecule has 106 valence electrons. The Kier molecular flexibility index (Phi) is 4.47. The van der Waals surface area contributed by atoms with Crippen LogP contribution >= 0.6 is 0 Å². The van der Waals surface area contributed by atoms with Gasteiger partial charge in [0.15, 0.2) is 9.84 Å².